The molecule has 0 aromatic rings. The molecule has 0 aliphatic carbocycles. The summed E-state index contributed by atoms with van der Waals surface area (Å²) in [5.41, 5.74) is 0.0784. The number of carbonyl (C=O) groups is 3. The van der Waals surface area contributed by atoms with Crippen LogP contribution in [0.25, 0.3) is 0 Å². The van der Waals surface area contributed by atoms with E-state index in [-0.39, 0.29) is 17.8 Å². The molecule has 0 saturated carbocycles. The van der Waals surface area contributed by atoms with Crippen LogP contribution < -0.4 is 0 Å². The van der Waals surface area contributed by atoms with Gasteiger partial charge in [0.05, 0.1) is 6.61 Å². The Morgan fingerprint density at radius 1 is 1.00 bits per heavy atom. The first-order valence-corrected chi connectivity index (χ1v) is 6.20. The second kappa shape index (κ2) is 8.53. The molecule has 6 nitrogen and oxygen atoms in total. The molecule has 0 saturated heterocycles. The van der Waals surface area contributed by atoms with E-state index in [1.807, 2.05) is 0 Å². The minimum absolute atomic E-state index is 0.00568. The van der Waals surface area contributed by atoms with E-state index in [2.05, 4.69) is 9.78 Å². The molecule has 1 atom stereocenters. The van der Waals surface area contributed by atoms with Gasteiger partial charge in [0.25, 0.3) is 0 Å². The van der Waals surface area contributed by atoms with Crippen molar-refractivity contribution in [3.8, 4) is 0 Å². The quantitative estimate of drug-likeness (QED) is 0.253. The highest BCUT2D eigenvalue weighted by Gasteiger charge is 2.21. The molecule has 0 aliphatic rings. The van der Waals surface area contributed by atoms with E-state index in [0.717, 1.165) is 0 Å². The van der Waals surface area contributed by atoms with Crippen molar-refractivity contribution in [2.24, 2.45) is 0 Å². The van der Waals surface area contributed by atoms with Crippen LogP contribution in [0.3, 0.4) is 0 Å². The third kappa shape index (κ3) is 5.74. The third-order valence-corrected chi connectivity index (χ3v) is 2.75. The predicted octanol–water partition coefficient (Wildman–Crippen LogP) is 1.90. The van der Waals surface area contributed by atoms with Gasteiger partial charge in [0, 0.05) is 11.1 Å². The number of ether oxygens (including phenoxy) is 1. The second-order valence-electron chi connectivity index (χ2n) is 3.62. The van der Waals surface area contributed by atoms with Gasteiger partial charge in [-0.25, -0.2) is 24.2 Å². The minimum Gasteiger partial charge on any atom is -0.463 e. The molecule has 0 aliphatic heterocycles. The molecule has 108 valence electrons. The third-order valence-electron chi connectivity index (χ3n) is 2.26. The molecular weight excluding hydrogens is 276 g/mol. The average Bonchev–Trinajstić information content (AvgIpc) is 2.41. The van der Waals surface area contributed by atoms with Crippen LogP contribution in [0.4, 0.5) is 0 Å². The van der Waals surface area contributed by atoms with Gasteiger partial charge in [-0.2, -0.15) is 0 Å². The summed E-state index contributed by atoms with van der Waals surface area (Å²) in [5.74, 6) is -2.44. The summed E-state index contributed by atoms with van der Waals surface area (Å²) in [6.07, 6.45) is 0.342. The van der Waals surface area contributed by atoms with Crippen LogP contribution >= 0.6 is 11.6 Å². The normalized spacial score (nSPS) is 13.1. The fourth-order valence-corrected chi connectivity index (χ4v) is 0.942. The van der Waals surface area contributed by atoms with E-state index in [1.165, 1.54) is 13.8 Å². The summed E-state index contributed by atoms with van der Waals surface area (Å²) < 4.78 is 4.72. The van der Waals surface area contributed by atoms with E-state index in [1.54, 1.807) is 13.8 Å². The van der Waals surface area contributed by atoms with Crippen LogP contribution in [0.2, 0.25) is 0 Å². The lowest BCUT2D eigenvalue weighted by Gasteiger charge is -2.08. The van der Waals surface area contributed by atoms with Crippen molar-refractivity contribution in [3.05, 3.63) is 11.1 Å². The van der Waals surface area contributed by atoms with E-state index in [4.69, 9.17) is 16.3 Å². The van der Waals surface area contributed by atoms with Crippen molar-refractivity contribution in [2.75, 3.05) is 6.61 Å². The average molecular weight is 293 g/mol. The van der Waals surface area contributed by atoms with Gasteiger partial charge < -0.3 is 4.74 Å². The molecular formula is C12H17ClO6. The summed E-state index contributed by atoms with van der Waals surface area (Å²) in [5, 5.41) is -0.886. The molecule has 0 radical (unpaired) electrons. The molecule has 0 N–H and O–H groups in total. The molecule has 0 aromatic heterocycles. The van der Waals surface area contributed by atoms with Crippen molar-refractivity contribution >= 4 is 29.5 Å². The Bertz CT molecular complexity index is 388. The lowest BCUT2D eigenvalue weighted by atomic mass is 10.1. The largest absolute Gasteiger partial charge is 0.463 e. The van der Waals surface area contributed by atoms with Gasteiger partial charge in [-0.15, -0.1) is 11.6 Å². The summed E-state index contributed by atoms with van der Waals surface area (Å²) in [6, 6.07) is 0. The Morgan fingerprint density at radius 3 is 2.00 bits per heavy atom. The van der Waals surface area contributed by atoms with Crippen LogP contribution in [-0.2, 0) is 28.9 Å². The first-order valence-electron chi connectivity index (χ1n) is 5.76. The Hall–Kier alpha value is -1.56. The number of esters is 1. The van der Waals surface area contributed by atoms with Crippen LogP contribution in [0.5, 0.6) is 0 Å². The van der Waals surface area contributed by atoms with Crippen LogP contribution in [0.15, 0.2) is 11.1 Å². The Kier molecular flexibility index (Phi) is 7.83. The molecule has 0 spiro atoms. The first kappa shape index (κ1) is 17.4. The number of hydrogen-bond acceptors (Lipinski definition) is 6. The summed E-state index contributed by atoms with van der Waals surface area (Å²) in [6.45, 7) is 6.29. The van der Waals surface area contributed by atoms with Gasteiger partial charge in [0.1, 0.15) is 5.38 Å². The van der Waals surface area contributed by atoms with Gasteiger partial charge in [-0.1, -0.05) is 6.92 Å². The number of alkyl halides is 1. The molecule has 0 amide bonds. The molecule has 0 heterocycles. The van der Waals surface area contributed by atoms with E-state index >= 15 is 0 Å². The fourth-order valence-electron chi connectivity index (χ4n) is 0.906. The number of halogens is 1. The molecule has 1 unspecified atom stereocenters. The maximum absolute atomic E-state index is 11.5. The second-order valence-corrected chi connectivity index (χ2v) is 4.15. The molecule has 0 fully saturated rings. The van der Waals surface area contributed by atoms with Crippen molar-refractivity contribution in [2.45, 2.75) is 39.5 Å². The van der Waals surface area contributed by atoms with Gasteiger partial charge in [0.2, 0.25) is 0 Å². The fraction of sp³-hybridized carbons (Fsp3) is 0.583. The van der Waals surface area contributed by atoms with Crippen LogP contribution in [0.1, 0.15) is 34.1 Å². The SMILES string of the molecule is CCOC(=O)/C(C)=C(\C)C(=O)OOC(=O)C(Cl)CC. The Balaban J connectivity index is 4.54. The highest BCUT2D eigenvalue weighted by molar-refractivity contribution is 6.29. The van der Waals surface area contributed by atoms with Crippen molar-refractivity contribution in [1.82, 2.24) is 0 Å². The van der Waals surface area contributed by atoms with Crippen molar-refractivity contribution < 1.29 is 28.9 Å². The minimum atomic E-state index is -0.945. The Morgan fingerprint density at radius 2 is 1.53 bits per heavy atom. The highest BCUT2D eigenvalue weighted by Crippen LogP contribution is 2.09. The Labute approximate surface area is 116 Å². The molecule has 0 aromatic carbocycles. The lowest BCUT2D eigenvalue weighted by molar-refractivity contribution is -0.255. The smallest absolute Gasteiger partial charge is 0.382 e. The lowest BCUT2D eigenvalue weighted by Crippen LogP contribution is -2.21. The summed E-state index contributed by atoms with van der Waals surface area (Å²) in [7, 11) is 0. The van der Waals surface area contributed by atoms with E-state index < -0.39 is 23.3 Å². The van der Waals surface area contributed by atoms with Gasteiger partial charge in [-0.05, 0) is 27.2 Å². The number of rotatable bonds is 5. The van der Waals surface area contributed by atoms with Gasteiger partial charge in [0.15, 0.2) is 0 Å². The highest BCUT2D eigenvalue weighted by atomic mass is 35.5. The number of carbonyl (C=O) groups excluding carboxylic acids is 3. The maximum atomic E-state index is 11.5. The van der Waals surface area contributed by atoms with Crippen LogP contribution in [-0.4, -0.2) is 29.9 Å². The molecule has 7 heteroatoms. The van der Waals surface area contributed by atoms with Crippen molar-refractivity contribution in [3.63, 3.8) is 0 Å². The predicted molar refractivity (Wildman–Crippen MR) is 67.1 cm³/mol. The molecule has 0 rings (SSSR count). The van der Waals surface area contributed by atoms with Crippen LogP contribution in [0, 0.1) is 0 Å². The summed E-state index contributed by atoms with van der Waals surface area (Å²) >= 11 is 5.58. The zero-order chi connectivity index (χ0) is 15.0. The maximum Gasteiger partial charge on any atom is 0.382 e. The zero-order valence-corrected chi connectivity index (χ0v) is 12.1. The monoisotopic (exact) mass is 292 g/mol. The standard InChI is InChI=1S/C12H17ClO6/c1-5-9(13)12(16)19-18-11(15)8(4)7(3)10(14)17-6-2/h9H,5-6H2,1-4H3/b8-7+. The summed E-state index contributed by atoms with van der Waals surface area (Å²) in [4.78, 5) is 42.6. The first-order chi connectivity index (χ1) is 8.84. The van der Waals surface area contributed by atoms with E-state index in [0.29, 0.717) is 6.42 Å². The molecule has 0 bridgehead atoms. The van der Waals surface area contributed by atoms with Crippen molar-refractivity contribution in [1.29, 1.82) is 0 Å². The number of hydrogen-bond donors (Lipinski definition) is 0. The van der Waals surface area contributed by atoms with Gasteiger partial charge >= 0.3 is 17.9 Å². The van der Waals surface area contributed by atoms with Gasteiger partial charge in [-0.3, -0.25) is 0 Å². The zero-order valence-electron chi connectivity index (χ0n) is 11.3. The van der Waals surface area contributed by atoms with E-state index in [9.17, 15) is 14.4 Å². The topological polar surface area (TPSA) is 78.9 Å². The molecule has 19 heavy (non-hydrogen) atoms.